The summed E-state index contributed by atoms with van der Waals surface area (Å²) in [6.45, 7) is 7.42. The molecular weight excluding hydrogens is 370 g/mol. The van der Waals surface area contributed by atoms with Gasteiger partial charge in [0.1, 0.15) is 0 Å². The maximum absolute atomic E-state index is 10.9. The third kappa shape index (κ3) is 4.00. The molecule has 4 rings (SSSR count). The summed E-state index contributed by atoms with van der Waals surface area (Å²) in [5.41, 5.74) is 8.75. The molecule has 1 saturated heterocycles. The molecule has 0 atom stereocenters. The first-order valence-electron chi connectivity index (χ1n) is 9.73. The maximum Gasteiger partial charge on any atom is 0.312 e. The van der Waals surface area contributed by atoms with E-state index in [4.69, 9.17) is 20.4 Å². The quantitative estimate of drug-likeness (QED) is 0.684. The van der Waals surface area contributed by atoms with Gasteiger partial charge in [-0.15, -0.1) is 0 Å². The van der Waals surface area contributed by atoms with Gasteiger partial charge in [-0.2, -0.15) is 10.1 Å². The number of amides is 2. The van der Waals surface area contributed by atoms with Crippen molar-refractivity contribution in [2.45, 2.75) is 26.4 Å². The molecule has 0 unspecified atom stereocenters. The fourth-order valence-electron chi connectivity index (χ4n) is 3.39. The van der Waals surface area contributed by atoms with Crippen LogP contribution in [0.1, 0.15) is 25.5 Å². The van der Waals surface area contributed by atoms with Crippen molar-refractivity contribution in [3.05, 3.63) is 36.0 Å². The van der Waals surface area contributed by atoms with Crippen LogP contribution in [0.4, 0.5) is 10.7 Å². The molecule has 0 spiro atoms. The highest BCUT2D eigenvalue weighted by Crippen LogP contribution is 2.30. The number of carbonyl (C=O) groups is 1. The highest BCUT2D eigenvalue weighted by molar-refractivity contribution is 5.91. The Hall–Kier alpha value is -3.20. The van der Waals surface area contributed by atoms with E-state index in [1.54, 1.807) is 0 Å². The Kier molecular flexibility index (Phi) is 5.30. The van der Waals surface area contributed by atoms with E-state index < -0.39 is 6.03 Å². The summed E-state index contributed by atoms with van der Waals surface area (Å²) < 4.78 is 7.40. The molecule has 152 valence electrons. The molecule has 0 aliphatic carbocycles. The monoisotopic (exact) mass is 395 g/mol. The fourth-order valence-corrected chi connectivity index (χ4v) is 3.39. The first kappa shape index (κ1) is 19.1. The number of fused-ring (bicyclic) bond motifs is 1. The van der Waals surface area contributed by atoms with Crippen molar-refractivity contribution in [3.8, 4) is 11.3 Å². The Morgan fingerprint density at radius 2 is 1.93 bits per heavy atom. The number of anilines is 1. The number of nitrogens with zero attached hydrogens (tertiary/aromatic N) is 5. The predicted molar refractivity (Wildman–Crippen MR) is 111 cm³/mol. The lowest BCUT2D eigenvalue weighted by Crippen LogP contribution is -2.37. The number of urea groups is 1. The Morgan fingerprint density at radius 3 is 2.59 bits per heavy atom. The third-order valence-electron chi connectivity index (χ3n) is 4.92. The average molecular weight is 395 g/mol. The number of nitrogens with two attached hydrogens (primary N) is 1. The van der Waals surface area contributed by atoms with Gasteiger partial charge in [-0.3, -0.25) is 0 Å². The molecule has 2 amide bonds. The van der Waals surface area contributed by atoms with Crippen LogP contribution in [-0.4, -0.2) is 52.1 Å². The second-order valence-corrected chi connectivity index (χ2v) is 7.31. The zero-order chi connectivity index (χ0) is 20.4. The van der Waals surface area contributed by atoms with E-state index in [1.165, 1.54) is 0 Å². The van der Waals surface area contributed by atoms with Crippen LogP contribution in [0.3, 0.4) is 0 Å². The summed E-state index contributed by atoms with van der Waals surface area (Å²) in [4.78, 5) is 22.8. The highest BCUT2D eigenvalue weighted by atomic mass is 16.5. The Morgan fingerprint density at radius 1 is 1.21 bits per heavy atom. The minimum atomic E-state index is -0.539. The van der Waals surface area contributed by atoms with E-state index in [0.29, 0.717) is 25.7 Å². The molecule has 29 heavy (non-hydrogen) atoms. The molecule has 1 aliphatic rings. The molecule has 0 saturated carbocycles. The molecule has 3 aromatic rings. The topological polar surface area (TPSA) is 111 Å². The molecule has 1 fully saturated rings. The van der Waals surface area contributed by atoms with Crippen molar-refractivity contribution < 1.29 is 9.53 Å². The Bertz CT molecular complexity index is 1010. The van der Waals surface area contributed by atoms with E-state index in [-0.39, 0.29) is 6.04 Å². The molecule has 1 aliphatic heterocycles. The van der Waals surface area contributed by atoms with Gasteiger partial charge in [0, 0.05) is 31.2 Å². The van der Waals surface area contributed by atoms with Gasteiger partial charge < -0.3 is 20.7 Å². The van der Waals surface area contributed by atoms with E-state index in [2.05, 4.69) is 29.2 Å². The smallest absolute Gasteiger partial charge is 0.312 e. The minimum Gasteiger partial charge on any atom is -0.378 e. The van der Waals surface area contributed by atoms with Gasteiger partial charge in [0.2, 0.25) is 5.95 Å². The maximum atomic E-state index is 10.9. The number of rotatable bonds is 5. The van der Waals surface area contributed by atoms with Crippen LogP contribution in [0.2, 0.25) is 0 Å². The molecule has 0 bridgehead atoms. The lowest BCUT2D eigenvalue weighted by molar-refractivity contribution is 0.122. The number of carbonyl (C=O) groups excluding carboxylic acids is 1. The van der Waals surface area contributed by atoms with Crippen molar-refractivity contribution in [1.29, 1.82) is 0 Å². The third-order valence-corrected chi connectivity index (χ3v) is 4.92. The van der Waals surface area contributed by atoms with Crippen LogP contribution in [-0.2, 0) is 11.3 Å². The van der Waals surface area contributed by atoms with E-state index in [9.17, 15) is 4.79 Å². The van der Waals surface area contributed by atoms with Crippen LogP contribution >= 0.6 is 0 Å². The predicted octanol–water partition coefficient (Wildman–Crippen LogP) is 2.08. The van der Waals surface area contributed by atoms with Crippen LogP contribution in [0.25, 0.3) is 22.3 Å². The van der Waals surface area contributed by atoms with Gasteiger partial charge in [-0.1, -0.05) is 24.3 Å². The summed E-state index contributed by atoms with van der Waals surface area (Å²) >= 11 is 0. The van der Waals surface area contributed by atoms with Gasteiger partial charge in [0.05, 0.1) is 30.5 Å². The molecule has 9 heteroatoms. The number of hydrogen-bond acceptors (Lipinski definition) is 6. The van der Waals surface area contributed by atoms with Crippen molar-refractivity contribution in [3.63, 3.8) is 0 Å². The van der Waals surface area contributed by atoms with E-state index >= 15 is 0 Å². The number of morpholine rings is 1. The number of aromatic nitrogens is 4. The second-order valence-electron chi connectivity index (χ2n) is 7.31. The van der Waals surface area contributed by atoms with Crippen LogP contribution < -0.4 is 16.0 Å². The molecule has 0 radical (unpaired) electrons. The van der Waals surface area contributed by atoms with Crippen molar-refractivity contribution in [2.75, 3.05) is 31.2 Å². The van der Waals surface area contributed by atoms with Gasteiger partial charge in [-0.05, 0) is 19.4 Å². The van der Waals surface area contributed by atoms with Crippen molar-refractivity contribution in [1.82, 2.24) is 25.1 Å². The second kappa shape index (κ2) is 8.04. The van der Waals surface area contributed by atoms with Crippen LogP contribution in [0.5, 0.6) is 0 Å². The van der Waals surface area contributed by atoms with Crippen molar-refractivity contribution >= 4 is 23.0 Å². The standard InChI is InChI=1S/C20H25N7O2/c1-13(2)27-18-16(12-23-27)17(24-20(25-18)26-7-9-29-10-8-26)15-5-3-14(4-6-15)11-22-19(21)28/h3-6,12-13H,7-11H2,1-2H3,(H3,21,22,28). The van der Waals surface area contributed by atoms with E-state index in [0.717, 1.165) is 40.9 Å². The summed E-state index contributed by atoms with van der Waals surface area (Å²) in [5.74, 6) is 0.692. The fraction of sp³-hybridized carbons (Fsp3) is 0.400. The molecule has 3 heterocycles. The van der Waals surface area contributed by atoms with Gasteiger partial charge in [0.25, 0.3) is 0 Å². The molecular formula is C20H25N7O2. The largest absolute Gasteiger partial charge is 0.378 e. The van der Waals surface area contributed by atoms with Crippen molar-refractivity contribution in [2.24, 2.45) is 5.73 Å². The van der Waals surface area contributed by atoms with Gasteiger partial charge >= 0.3 is 6.03 Å². The first-order chi connectivity index (χ1) is 14.0. The number of hydrogen-bond donors (Lipinski definition) is 2. The SMILES string of the molecule is CC(C)n1ncc2c(-c3ccc(CNC(N)=O)cc3)nc(N3CCOCC3)nc21. The van der Waals surface area contributed by atoms with Crippen LogP contribution in [0, 0.1) is 0 Å². The zero-order valence-electron chi connectivity index (χ0n) is 16.6. The number of primary amides is 1. The lowest BCUT2D eigenvalue weighted by atomic mass is 10.1. The van der Waals surface area contributed by atoms with E-state index in [1.807, 2.05) is 35.1 Å². The summed E-state index contributed by atoms with van der Waals surface area (Å²) in [5, 5.41) is 8.06. The molecule has 2 aromatic heterocycles. The molecule has 1 aromatic carbocycles. The Labute approximate surface area is 168 Å². The number of ether oxygens (including phenoxy) is 1. The lowest BCUT2D eigenvalue weighted by Gasteiger charge is -2.27. The molecule has 9 nitrogen and oxygen atoms in total. The number of benzene rings is 1. The van der Waals surface area contributed by atoms with Crippen LogP contribution in [0.15, 0.2) is 30.5 Å². The summed E-state index contributed by atoms with van der Waals surface area (Å²) in [7, 11) is 0. The average Bonchev–Trinajstić information content (AvgIpc) is 3.17. The molecule has 3 N–H and O–H groups in total. The minimum absolute atomic E-state index is 0.190. The normalized spacial score (nSPS) is 14.5. The zero-order valence-corrected chi connectivity index (χ0v) is 16.6. The number of nitrogens with one attached hydrogen (secondary N) is 1. The summed E-state index contributed by atoms with van der Waals surface area (Å²) in [6, 6.07) is 7.56. The summed E-state index contributed by atoms with van der Waals surface area (Å²) in [6.07, 6.45) is 1.83. The first-order valence-corrected chi connectivity index (χ1v) is 9.73. The van der Waals surface area contributed by atoms with Gasteiger partial charge in [0.15, 0.2) is 5.65 Å². The van der Waals surface area contributed by atoms with Gasteiger partial charge in [-0.25, -0.2) is 14.5 Å². The highest BCUT2D eigenvalue weighted by Gasteiger charge is 2.20. The Balaban J connectivity index is 1.76.